The van der Waals surface area contributed by atoms with Crippen molar-refractivity contribution in [3.05, 3.63) is 178 Å². The molecule has 0 fully saturated rings. The molecule has 0 bridgehead atoms. The standard InChI is InChI=1S/C52H39NO4S2/c54-58(55,43-13-5-9-33-19-23-39-29-27-37-25-21-35-17-15-31-7-1-3-11-41(31)45(35)49(37)51(39)47(33)43)53-59(56,57)44-14-6-10-34-20-24-40-30-28-38-26-22-36-18-16-32-8-2-4-12-42(32)46(36)50(38)52(40)48(34)44/h1-18,27-30,53H,19-26H2. The Morgan fingerprint density at radius 2 is 0.593 bits per heavy atom. The molecule has 0 heterocycles. The molecule has 8 aromatic rings. The van der Waals surface area contributed by atoms with Gasteiger partial charge in [-0.15, -0.1) is 4.13 Å². The van der Waals surface area contributed by atoms with Gasteiger partial charge in [0.2, 0.25) is 0 Å². The molecular formula is C52H39NO4S2. The van der Waals surface area contributed by atoms with Crippen LogP contribution in [-0.2, 0) is 71.4 Å². The van der Waals surface area contributed by atoms with E-state index in [0.717, 1.165) is 116 Å². The van der Waals surface area contributed by atoms with E-state index < -0.39 is 20.0 Å². The Morgan fingerprint density at radius 1 is 0.288 bits per heavy atom. The number of benzene rings is 8. The fourth-order valence-corrected chi connectivity index (χ4v) is 14.3. The van der Waals surface area contributed by atoms with Crippen molar-refractivity contribution in [3.63, 3.8) is 0 Å². The Bertz CT molecular complexity index is 3180. The summed E-state index contributed by atoms with van der Waals surface area (Å²) < 4.78 is 62.3. The molecule has 0 radical (unpaired) electrons. The molecule has 0 saturated heterocycles. The van der Waals surface area contributed by atoms with E-state index >= 15 is 0 Å². The average Bonchev–Trinajstić information content (AvgIpc) is 3.27. The molecule has 0 atom stereocenters. The van der Waals surface area contributed by atoms with Gasteiger partial charge in [-0.2, -0.15) is 0 Å². The SMILES string of the molecule is O=S(=O)(NS(=O)(=O)c1cccc2c1-c1c(ccc3c1-c1c(ccc4ccccc14)CC3)CC2)c1cccc2c1-c1c(ccc3c1-c1c(ccc4ccccc14)CC3)CC2. The minimum atomic E-state index is -4.63. The number of hydrogen-bond acceptors (Lipinski definition) is 4. The Hall–Kier alpha value is -5.86. The van der Waals surface area contributed by atoms with Gasteiger partial charge in [0.1, 0.15) is 0 Å². The van der Waals surface area contributed by atoms with Crippen LogP contribution in [0.4, 0.5) is 0 Å². The molecule has 4 aliphatic rings. The van der Waals surface area contributed by atoms with Gasteiger partial charge in [0, 0.05) is 11.1 Å². The molecule has 288 valence electrons. The van der Waals surface area contributed by atoms with Crippen LogP contribution in [0.2, 0.25) is 0 Å². The third-order valence-corrected chi connectivity index (χ3v) is 17.1. The van der Waals surface area contributed by atoms with Crippen LogP contribution in [0, 0.1) is 0 Å². The molecule has 7 heteroatoms. The highest BCUT2D eigenvalue weighted by Gasteiger charge is 2.37. The molecule has 0 unspecified atom stereocenters. The van der Waals surface area contributed by atoms with Crippen LogP contribution in [-0.4, -0.2) is 16.8 Å². The molecule has 0 amide bonds. The zero-order valence-electron chi connectivity index (χ0n) is 32.3. The third kappa shape index (κ3) is 5.24. The molecule has 12 rings (SSSR count). The summed E-state index contributed by atoms with van der Waals surface area (Å²) in [6, 6.07) is 44.9. The molecule has 0 aromatic heterocycles. The molecule has 0 spiro atoms. The van der Waals surface area contributed by atoms with Crippen molar-refractivity contribution in [2.45, 2.75) is 61.2 Å². The monoisotopic (exact) mass is 805 g/mol. The van der Waals surface area contributed by atoms with Gasteiger partial charge in [-0.05, 0) is 163 Å². The van der Waals surface area contributed by atoms with Crippen molar-refractivity contribution < 1.29 is 16.8 Å². The van der Waals surface area contributed by atoms with Crippen molar-refractivity contribution in [1.82, 2.24) is 4.13 Å². The Labute approximate surface area is 344 Å². The summed E-state index contributed by atoms with van der Waals surface area (Å²) in [7, 11) is -9.27. The van der Waals surface area contributed by atoms with Gasteiger partial charge in [0.25, 0.3) is 20.0 Å². The number of rotatable bonds is 4. The number of fused-ring (bicyclic) bond motifs is 18. The maximum absolute atomic E-state index is 15.0. The summed E-state index contributed by atoms with van der Waals surface area (Å²) in [6.45, 7) is 0. The van der Waals surface area contributed by atoms with Gasteiger partial charge >= 0.3 is 0 Å². The largest absolute Gasteiger partial charge is 0.254 e. The lowest BCUT2D eigenvalue weighted by atomic mass is 9.74. The topological polar surface area (TPSA) is 80.3 Å². The number of aryl methyl sites for hydroxylation is 8. The Kier molecular flexibility index (Phi) is 7.63. The summed E-state index contributed by atoms with van der Waals surface area (Å²) >= 11 is 0. The summed E-state index contributed by atoms with van der Waals surface area (Å²) in [5.41, 5.74) is 16.3. The first-order valence-electron chi connectivity index (χ1n) is 20.6. The van der Waals surface area contributed by atoms with Gasteiger partial charge in [0.15, 0.2) is 0 Å². The smallest absolute Gasteiger partial charge is 0.206 e. The third-order valence-electron chi connectivity index (χ3n) is 13.5. The fourth-order valence-electron chi connectivity index (χ4n) is 10.9. The van der Waals surface area contributed by atoms with E-state index in [2.05, 4.69) is 89.1 Å². The van der Waals surface area contributed by atoms with Crippen LogP contribution in [0.5, 0.6) is 0 Å². The zero-order valence-corrected chi connectivity index (χ0v) is 33.9. The van der Waals surface area contributed by atoms with E-state index in [4.69, 9.17) is 0 Å². The molecule has 8 aromatic carbocycles. The van der Waals surface area contributed by atoms with E-state index in [1.54, 1.807) is 24.3 Å². The predicted octanol–water partition coefficient (Wildman–Crippen LogP) is 10.7. The predicted molar refractivity (Wildman–Crippen MR) is 237 cm³/mol. The Morgan fingerprint density at radius 3 is 0.983 bits per heavy atom. The van der Waals surface area contributed by atoms with Crippen molar-refractivity contribution in [2.24, 2.45) is 0 Å². The van der Waals surface area contributed by atoms with E-state index in [-0.39, 0.29) is 9.79 Å². The van der Waals surface area contributed by atoms with E-state index in [0.29, 0.717) is 24.0 Å². The van der Waals surface area contributed by atoms with Gasteiger partial charge in [-0.1, -0.05) is 121 Å². The average molecular weight is 806 g/mol. The van der Waals surface area contributed by atoms with Crippen LogP contribution in [0.15, 0.2) is 143 Å². The van der Waals surface area contributed by atoms with Crippen LogP contribution < -0.4 is 4.13 Å². The molecule has 4 aliphatic carbocycles. The van der Waals surface area contributed by atoms with E-state index in [1.807, 2.05) is 24.3 Å². The lowest BCUT2D eigenvalue weighted by Gasteiger charge is -2.31. The normalized spacial score (nSPS) is 14.9. The molecule has 59 heavy (non-hydrogen) atoms. The highest BCUT2D eigenvalue weighted by atomic mass is 32.3. The van der Waals surface area contributed by atoms with Crippen LogP contribution >= 0.6 is 0 Å². The van der Waals surface area contributed by atoms with Crippen molar-refractivity contribution in [3.8, 4) is 44.5 Å². The molecule has 0 aliphatic heterocycles. The number of hydrogen-bond donors (Lipinski definition) is 1. The minimum absolute atomic E-state index is 0.0109. The highest BCUT2D eigenvalue weighted by Crippen LogP contribution is 2.52. The van der Waals surface area contributed by atoms with Crippen LogP contribution in [0.1, 0.15) is 44.5 Å². The lowest BCUT2D eigenvalue weighted by Crippen LogP contribution is -2.32. The van der Waals surface area contributed by atoms with Gasteiger partial charge in [-0.25, -0.2) is 16.8 Å². The quantitative estimate of drug-likeness (QED) is 0.192. The number of nitrogens with one attached hydrogen (secondary N) is 1. The van der Waals surface area contributed by atoms with Gasteiger partial charge in [-0.3, -0.25) is 0 Å². The van der Waals surface area contributed by atoms with Crippen molar-refractivity contribution in [2.75, 3.05) is 0 Å². The Balaban J connectivity index is 1.03. The zero-order chi connectivity index (χ0) is 39.6. The maximum Gasteiger partial charge on any atom is 0.254 e. The summed E-state index contributed by atoms with van der Waals surface area (Å²) in [4.78, 5) is -0.0217. The van der Waals surface area contributed by atoms with Crippen LogP contribution in [0.3, 0.4) is 0 Å². The van der Waals surface area contributed by atoms with E-state index in [9.17, 15) is 16.8 Å². The van der Waals surface area contributed by atoms with E-state index in [1.165, 1.54) is 22.3 Å². The van der Waals surface area contributed by atoms with Gasteiger partial charge < -0.3 is 0 Å². The second kappa shape index (κ2) is 12.8. The second-order valence-electron chi connectivity index (χ2n) is 16.6. The summed E-state index contributed by atoms with van der Waals surface area (Å²) in [5, 5.41) is 4.54. The fraction of sp³-hybridized carbons (Fsp3) is 0.154. The summed E-state index contributed by atoms with van der Waals surface area (Å²) in [6.07, 6.45) is 6.33. The molecule has 0 saturated carbocycles. The maximum atomic E-state index is 15.0. The first-order chi connectivity index (χ1) is 28.7. The summed E-state index contributed by atoms with van der Waals surface area (Å²) in [5.74, 6) is 0. The molecule has 1 N–H and O–H groups in total. The van der Waals surface area contributed by atoms with Crippen LogP contribution in [0.25, 0.3) is 66.1 Å². The van der Waals surface area contributed by atoms with Crippen molar-refractivity contribution >= 4 is 41.6 Å². The number of sulfonamides is 2. The van der Waals surface area contributed by atoms with Gasteiger partial charge in [0.05, 0.1) is 9.79 Å². The first-order valence-corrected chi connectivity index (χ1v) is 23.6. The minimum Gasteiger partial charge on any atom is -0.206 e. The highest BCUT2D eigenvalue weighted by molar-refractivity contribution is 8.04. The molecule has 5 nitrogen and oxygen atoms in total. The molecular weight excluding hydrogens is 767 g/mol. The first kappa shape index (κ1) is 35.1. The lowest BCUT2D eigenvalue weighted by molar-refractivity contribution is 0.577. The second-order valence-corrected chi connectivity index (χ2v) is 20.1. The van der Waals surface area contributed by atoms with Crippen molar-refractivity contribution in [1.29, 1.82) is 0 Å².